The van der Waals surface area contributed by atoms with Crippen LogP contribution >= 0.6 is 24.0 Å². The highest BCUT2D eigenvalue weighted by Gasteiger charge is 2.24. The van der Waals surface area contributed by atoms with Crippen molar-refractivity contribution in [2.45, 2.75) is 38.2 Å². The first-order chi connectivity index (χ1) is 12.8. The molecule has 0 aliphatic carbocycles. The minimum Gasteiger partial charge on any atom is -0.379 e. The summed E-state index contributed by atoms with van der Waals surface area (Å²) < 4.78 is 11.3. The van der Waals surface area contributed by atoms with Crippen LogP contribution in [0.2, 0.25) is 0 Å². The van der Waals surface area contributed by atoms with Crippen molar-refractivity contribution >= 4 is 29.9 Å². The first-order valence-electron chi connectivity index (χ1n) is 10.0. The van der Waals surface area contributed by atoms with Crippen LogP contribution in [0.15, 0.2) is 35.3 Å². The highest BCUT2D eigenvalue weighted by Crippen LogP contribution is 2.20. The normalized spacial score (nSPS) is 22.7. The standard InChI is InChI=1S/C21H33N3O2.HI/c1-22-21(23-11-6-13-25-17-20-9-5-14-26-20)24-12-10-19(16-24)15-18-7-3-2-4-8-18;/h2-4,7-8,19-20H,5-6,9-17H2,1H3,(H,22,23);1H. The molecule has 1 aromatic rings. The van der Waals surface area contributed by atoms with Gasteiger partial charge in [-0.25, -0.2) is 0 Å². The lowest BCUT2D eigenvalue weighted by atomic mass is 9.99. The number of ether oxygens (including phenoxy) is 2. The molecule has 2 saturated heterocycles. The number of guanidine groups is 1. The van der Waals surface area contributed by atoms with Crippen molar-refractivity contribution in [1.82, 2.24) is 10.2 Å². The van der Waals surface area contributed by atoms with Crippen molar-refractivity contribution in [3.63, 3.8) is 0 Å². The van der Waals surface area contributed by atoms with Gasteiger partial charge in [-0.2, -0.15) is 0 Å². The van der Waals surface area contributed by atoms with Crippen LogP contribution in [0.25, 0.3) is 0 Å². The largest absolute Gasteiger partial charge is 0.379 e. The lowest BCUT2D eigenvalue weighted by Crippen LogP contribution is -2.40. The molecule has 0 amide bonds. The van der Waals surface area contributed by atoms with Crippen molar-refractivity contribution in [1.29, 1.82) is 0 Å². The number of hydrogen-bond donors (Lipinski definition) is 1. The van der Waals surface area contributed by atoms with E-state index in [-0.39, 0.29) is 24.0 Å². The Balaban J connectivity index is 0.00000261. The van der Waals surface area contributed by atoms with Crippen LogP contribution in [0.5, 0.6) is 0 Å². The zero-order chi connectivity index (χ0) is 18.0. The SMILES string of the molecule is CN=C(NCCCOCC1CCCO1)N1CCC(Cc2ccccc2)C1.I. The molecule has 2 heterocycles. The smallest absolute Gasteiger partial charge is 0.193 e. The molecule has 2 aliphatic rings. The third-order valence-electron chi connectivity index (χ3n) is 5.24. The highest BCUT2D eigenvalue weighted by atomic mass is 127. The third kappa shape index (κ3) is 7.58. The molecule has 2 atom stereocenters. The van der Waals surface area contributed by atoms with Crippen molar-refractivity contribution in [3.05, 3.63) is 35.9 Å². The topological polar surface area (TPSA) is 46.1 Å². The molecule has 6 heteroatoms. The summed E-state index contributed by atoms with van der Waals surface area (Å²) in [6.07, 6.45) is 6.03. The minimum absolute atomic E-state index is 0. The minimum atomic E-state index is 0. The molecule has 2 fully saturated rings. The van der Waals surface area contributed by atoms with E-state index in [2.05, 4.69) is 45.5 Å². The summed E-state index contributed by atoms with van der Waals surface area (Å²) in [5.74, 6) is 1.74. The van der Waals surface area contributed by atoms with Crippen molar-refractivity contribution < 1.29 is 9.47 Å². The number of aliphatic imine (C=N–C) groups is 1. The van der Waals surface area contributed by atoms with Gasteiger partial charge in [0, 0.05) is 39.9 Å². The summed E-state index contributed by atoms with van der Waals surface area (Å²) in [6, 6.07) is 10.8. The summed E-state index contributed by atoms with van der Waals surface area (Å²) in [5, 5.41) is 3.49. The molecule has 2 aliphatic heterocycles. The fourth-order valence-corrected chi connectivity index (χ4v) is 3.84. The quantitative estimate of drug-likeness (QED) is 0.265. The predicted molar refractivity (Wildman–Crippen MR) is 121 cm³/mol. The van der Waals surface area contributed by atoms with E-state index in [0.29, 0.717) is 12.0 Å². The third-order valence-corrected chi connectivity index (χ3v) is 5.24. The van der Waals surface area contributed by atoms with Gasteiger partial charge in [0.25, 0.3) is 0 Å². The van der Waals surface area contributed by atoms with E-state index in [1.807, 2.05) is 7.05 Å². The number of nitrogens with zero attached hydrogens (tertiary/aromatic N) is 2. The zero-order valence-corrected chi connectivity index (χ0v) is 18.8. The van der Waals surface area contributed by atoms with E-state index in [1.165, 1.54) is 18.4 Å². The first kappa shape index (κ1) is 22.4. The van der Waals surface area contributed by atoms with Gasteiger partial charge in [0.2, 0.25) is 0 Å². The van der Waals surface area contributed by atoms with E-state index < -0.39 is 0 Å². The van der Waals surface area contributed by atoms with E-state index >= 15 is 0 Å². The summed E-state index contributed by atoms with van der Waals surface area (Å²) in [7, 11) is 1.88. The Labute approximate surface area is 180 Å². The molecule has 0 radical (unpaired) electrons. The van der Waals surface area contributed by atoms with Gasteiger partial charge >= 0.3 is 0 Å². The van der Waals surface area contributed by atoms with Gasteiger partial charge in [-0.1, -0.05) is 30.3 Å². The van der Waals surface area contributed by atoms with Crippen molar-refractivity contribution in [2.24, 2.45) is 10.9 Å². The summed E-state index contributed by atoms with van der Waals surface area (Å²) in [6.45, 7) is 5.49. The number of likely N-dealkylation sites (tertiary alicyclic amines) is 1. The van der Waals surface area contributed by atoms with Gasteiger partial charge in [0.15, 0.2) is 5.96 Å². The van der Waals surface area contributed by atoms with Gasteiger partial charge in [-0.15, -0.1) is 24.0 Å². The van der Waals surface area contributed by atoms with Crippen LogP contribution in [-0.2, 0) is 15.9 Å². The number of rotatable bonds is 8. The maximum Gasteiger partial charge on any atom is 0.193 e. The summed E-state index contributed by atoms with van der Waals surface area (Å²) in [5.41, 5.74) is 1.44. The molecular formula is C21H34IN3O2. The lowest BCUT2D eigenvalue weighted by molar-refractivity contribution is 0.0168. The molecule has 3 rings (SSSR count). The van der Waals surface area contributed by atoms with E-state index in [1.54, 1.807) is 0 Å². The molecule has 152 valence electrons. The molecule has 27 heavy (non-hydrogen) atoms. The molecule has 1 N–H and O–H groups in total. The van der Waals surface area contributed by atoms with Crippen LogP contribution in [-0.4, -0.2) is 63.5 Å². The second-order valence-electron chi connectivity index (χ2n) is 7.33. The lowest BCUT2D eigenvalue weighted by Gasteiger charge is -2.22. The van der Waals surface area contributed by atoms with Crippen LogP contribution in [0, 0.1) is 5.92 Å². The van der Waals surface area contributed by atoms with E-state index in [0.717, 1.165) is 64.7 Å². The fourth-order valence-electron chi connectivity index (χ4n) is 3.84. The molecule has 0 spiro atoms. The second-order valence-corrected chi connectivity index (χ2v) is 7.33. The fraction of sp³-hybridized carbons (Fsp3) is 0.667. The molecule has 0 aromatic heterocycles. The summed E-state index contributed by atoms with van der Waals surface area (Å²) >= 11 is 0. The molecule has 0 saturated carbocycles. The number of nitrogens with one attached hydrogen (secondary N) is 1. The highest BCUT2D eigenvalue weighted by molar-refractivity contribution is 14.0. The average molecular weight is 487 g/mol. The first-order valence-corrected chi connectivity index (χ1v) is 10.0. The second kappa shape index (κ2) is 12.6. The van der Waals surface area contributed by atoms with Gasteiger partial charge in [0.05, 0.1) is 12.7 Å². The maximum absolute atomic E-state index is 5.72. The Kier molecular flexibility index (Phi) is 10.4. The van der Waals surface area contributed by atoms with Crippen LogP contribution in [0.3, 0.4) is 0 Å². The van der Waals surface area contributed by atoms with Gasteiger partial charge in [0.1, 0.15) is 0 Å². The Morgan fingerprint density at radius 3 is 2.89 bits per heavy atom. The predicted octanol–water partition coefficient (Wildman–Crippen LogP) is 3.33. The number of hydrogen-bond acceptors (Lipinski definition) is 3. The Morgan fingerprint density at radius 2 is 2.15 bits per heavy atom. The van der Waals surface area contributed by atoms with Gasteiger partial charge < -0.3 is 19.7 Å². The van der Waals surface area contributed by atoms with Crippen LogP contribution in [0.4, 0.5) is 0 Å². The molecule has 0 bridgehead atoms. The van der Waals surface area contributed by atoms with Gasteiger partial charge in [-0.3, -0.25) is 4.99 Å². The molecule has 5 nitrogen and oxygen atoms in total. The Bertz CT molecular complexity index is 550. The van der Waals surface area contributed by atoms with E-state index in [9.17, 15) is 0 Å². The van der Waals surface area contributed by atoms with Crippen molar-refractivity contribution in [2.75, 3.05) is 46.5 Å². The Hall–Kier alpha value is -0.860. The summed E-state index contributed by atoms with van der Waals surface area (Å²) in [4.78, 5) is 6.85. The van der Waals surface area contributed by atoms with Gasteiger partial charge in [-0.05, 0) is 43.6 Å². The van der Waals surface area contributed by atoms with E-state index in [4.69, 9.17) is 9.47 Å². The zero-order valence-electron chi connectivity index (χ0n) is 16.4. The number of halogens is 1. The average Bonchev–Trinajstić information content (AvgIpc) is 3.34. The molecule has 1 aromatic carbocycles. The van der Waals surface area contributed by atoms with Crippen LogP contribution < -0.4 is 5.32 Å². The Morgan fingerprint density at radius 1 is 1.30 bits per heavy atom. The van der Waals surface area contributed by atoms with Crippen molar-refractivity contribution in [3.8, 4) is 0 Å². The maximum atomic E-state index is 5.72. The monoisotopic (exact) mass is 487 g/mol. The molecule has 2 unspecified atom stereocenters. The van der Waals surface area contributed by atoms with Crippen LogP contribution in [0.1, 0.15) is 31.2 Å². The molecular weight excluding hydrogens is 453 g/mol. The number of benzene rings is 1.